The molecule has 0 aromatic rings. The molecule has 1 saturated heterocycles. The highest BCUT2D eigenvalue weighted by atomic mass is 16.1. The monoisotopic (exact) mass is 125 g/mol. The molecule has 2 heteroatoms. The van der Waals surface area contributed by atoms with Gasteiger partial charge >= 0.3 is 0 Å². The van der Waals surface area contributed by atoms with Crippen molar-refractivity contribution in [2.75, 3.05) is 20.1 Å². The maximum atomic E-state index is 9.83. The van der Waals surface area contributed by atoms with Gasteiger partial charge in [0, 0.05) is 19.0 Å². The summed E-state index contributed by atoms with van der Waals surface area (Å²) in [6.45, 7) is 2.20. The molecule has 9 heavy (non-hydrogen) atoms. The Morgan fingerprint density at radius 2 is 2.22 bits per heavy atom. The Morgan fingerprint density at radius 3 is 2.67 bits per heavy atom. The summed E-state index contributed by atoms with van der Waals surface area (Å²) >= 11 is 0. The van der Waals surface area contributed by atoms with Crippen LogP contribution in [-0.2, 0) is 4.79 Å². The lowest BCUT2D eigenvalue weighted by molar-refractivity contribution is -0.104. The average molecular weight is 125 g/mol. The molecule has 0 saturated carbocycles. The Balaban J connectivity index is 2.17. The van der Waals surface area contributed by atoms with Crippen molar-refractivity contribution >= 4 is 6.29 Å². The highest BCUT2D eigenvalue weighted by Crippen LogP contribution is 2.12. The first-order valence-electron chi connectivity index (χ1n) is 3.13. The molecule has 0 spiro atoms. The van der Waals surface area contributed by atoms with Crippen LogP contribution in [0.5, 0.6) is 0 Å². The number of allylic oxidation sites excluding steroid dienone is 1. The number of rotatable bonds is 2. The molecule has 1 fully saturated rings. The zero-order chi connectivity index (χ0) is 6.69. The van der Waals surface area contributed by atoms with E-state index in [2.05, 4.69) is 11.9 Å². The van der Waals surface area contributed by atoms with Crippen LogP contribution < -0.4 is 0 Å². The fraction of sp³-hybridized carbons (Fsp3) is 0.571. The minimum absolute atomic E-state index is 0.625. The van der Waals surface area contributed by atoms with Gasteiger partial charge in [-0.3, -0.25) is 4.79 Å². The van der Waals surface area contributed by atoms with Gasteiger partial charge in [-0.05, 0) is 13.1 Å². The molecule has 2 nitrogen and oxygen atoms in total. The normalized spacial score (nSPS) is 22.3. The highest BCUT2D eigenvalue weighted by Gasteiger charge is 2.19. The lowest BCUT2D eigenvalue weighted by atomic mass is 10.0. The van der Waals surface area contributed by atoms with Gasteiger partial charge in [-0.15, -0.1) is 0 Å². The maximum absolute atomic E-state index is 9.83. The van der Waals surface area contributed by atoms with Crippen LogP contribution in [0.3, 0.4) is 0 Å². The Bertz CT molecular complexity index is 125. The van der Waals surface area contributed by atoms with Crippen molar-refractivity contribution in [3.05, 3.63) is 12.2 Å². The summed E-state index contributed by atoms with van der Waals surface area (Å²) in [6, 6.07) is 0. The van der Waals surface area contributed by atoms with Gasteiger partial charge < -0.3 is 4.90 Å². The second kappa shape index (κ2) is 2.78. The van der Waals surface area contributed by atoms with E-state index in [0.717, 1.165) is 19.4 Å². The van der Waals surface area contributed by atoms with Crippen LogP contribution in [0.15, 0.2) is 12.2 Å². The van der Waals surface area contributed by atoms with Crippen LogP contribution in [0.4, 0.5) is 0 Å². The zero-order valence-corrected chi connectivity index (χ0v) is 5.58. The Hall–Kier alpha value is -0.630. The standard InChI is InChI=1S/C7H11NO/c1-8-5-7(6-8)3-2-4-9/h2-4,7H,5-6H2,1H3. The Kier molecular flexibility index (Phi) is 2.01. The first kappa shape index (κ1) is 6.49. The van der Waals surface area contributed by atoms with E-state index >= 15 is 0 Å². The van der Waals surface area contributed by atoms with Crippen molar-refractivity contribution in [3.63, 3.8) is 0 Å². The second-order valence-electron chi connectivity index (χ2n) is 2.50. The first-order chi connectivity index (χ1) is 4.33. The van der Waals surface area contributed by atoms with Crippen molar-refractivity contribution in [1.29, 1.82) is 0 Å². The lowest BCUT2D eigenvalue weighted by Gasteiger charge is -2.33. The summed E-state index contributed by atoms with van der Waals surface area (Å²) in [6.07, 6.45) is 4.38. The summed E-state index contributed by atoms with van der Waals surface area (Å²) in [5.74, 6) is 0.625. The fourth-order valence-corrected chi connectivity index (χ4v) is 1.07. The zero-order valence-electron chi connectivity index (χ0n) is 5.58. The third-order valence-corrected chi connectivity index (χ3v) is 1.55. The smallest absolute Gasteiger partial charge is 0.142 e. The summed E-state index contributed by atoms with van der Waals surface area (Å²) in [7, 11) is 2.07. The summed E-state index contributed by atoms with van der Waals surface area (Å²) < 4.78 is 0. The van der Waals surface area contributed by atoms with Crippen LogP contribution in [0.25, 0.3) is 0 Å². The predicted molar refractivity (Wildman–Crippen MR) is 36.2 cm³/mol. The number of carbonyl (C=O) groups excluding carboxylic acids is 1. The molecule has 1 aliphatic rings. The molecule has 0 N–H and O–H groups in total. The fourth-order valence-electron chi connectivity index (χ4n) is 1.07. The van der Waals surface area contributed by atoms with E-state index in [1.807, 2.05) is 6.08 Å². The van der Waals surface area contributed by atoms with Crippen molar-refractivity contribution in [2.45, 2.75) is 0 Å². The van der Waals surface area contributed by atoms with E-state index in [9.17, 15) is 4.79 Å². The number of nitrogens with zero attached hydrogens (tertiary/aromatic N) is 1. The van der Waals surface area contributed by atoms with Crippen molar-refractivity contribution in [2.24, 2.45) is 5.92 Å². The molecule has 0 aromatic carbocycles. The molecule has 50 valence electrons. The summed E-state index contributed by atoms with van der Waals surface area (Å²) in [5, 5.41) is 0. The Labute approximate surface area is 55.2 Å². The van der Waals surface area contributed by atoms with Crippen LogP contribution in [0.2, 0.25) is 0 Å². The average Bonchev–Trinajstić information content (AvgIpc) is 1.78. The number of aldehydes is 1. The molecule has 0 amide bonds. The second-order valence-corrected chi connectivity index (χ2v) is 2.50. The van der Waals surface area contributed by atoms with E-state index in [1.54, 1.807) is 6.08 Å². The van der Waals surface area contributed by atoms with Crippen LogP contribution in [0, 0.1) is 5.92 Å². The minimum Gasteiger partial charge on any atom is -0.305 e. The molecule has 0 unspecified atom stereocenters. The van der Waals surface area contributed by atoms with E-state index in [-0.39, 0.29) is 0 Å². The molecule has 0 radical (unpaired) electrons. The van der Waals surface area contributed by atoms with E-state index in [4.69, 9.17) is 0 Å². The maximum Gasteiger partial charge on any atom is 0.142 e. The van der Waals surface area contributed by atoms with Gasteiger partial charge in [-0.1, -0.05) is 6.08 Å². The lowest BCUT2D eigenvalue weighted by Crippen LogP contribution is -2.42. The van der Waals surface area contributed by atoms with Crippen molar-refractivity contribution in [3.8, 4) is 0 Å². The van der Waals surface area contributed by atoms with Crippen LogP contribution in [0.1, 0.15) is 0 Å². The highest BCUT2D eigenvalue weighted by molar-refractivity contribution is 5.64. The number of carbonyl (C=O) groups is 1. The predicted octanol–water partition coefficient (Wildman–Crippen LogP) is 0.303. The van der Waals surface area contributed by atoms with Gasteiger partial charge in [0.05, 0.1) is 0 Å². The largest absolute Gasteiger partial charge is 0.305 e. The van der Waals surface area contributed by atoms with Gasteiger partial charge in [-0.2, -0.15) is 0 Å². The van der Waals surface area contributed by atoms with Crippen LogP contribution in [-0.4, -0.2) is 31.3 Å². The Morgan fingerprint density at radius 1 is 1.56 bits per heavy atom. The molecule has 1 heterocycles. The quantitative estimate of drug-likeness (QED) is 0.391. The topological polar surface area (TPSA) is 20.3 Å². The third kappa shape index (κ3) is 1.64. The molecule has 0 bridgehead atoms. The molecule has 0 aliphatic carbocycles. The van der Waals surface area contributed by atoms with E-state index < -0.39 is 0 Å². The number of hydrogen-bond donors (Lipinski definition) is 0. The molecule has 1 aliphatic heterocycles. The molecular formula is C7H11NO. The van der Waals surface area contributed by atoms with Gasteiger partial charge in [0.1, 0.15) is 6.29 Å². The molecule has 0 atom stereocenters. The van der Waals surface area contributed by atoms with E-state index in [1.165, 1.54) is 0 Å². The summed E-state index contributed by atoms with van der Waals surface area (Å²) in [4.78, 5) is 12.1. The van der Waals surface area contributed by atoms with Crippen molar-refractivity contribution < 1.29 is 4.79 Å². The SMILES string of the molecule is CN1CC(C=CC=O)C1. The minimum atomic E-state index is 0.625. The molecule has 1 rings (SSSR count). The van der Waals surface area contributed by atoms with Crippen molar-refractivity contribution in [1.82, 2.24) is 4.90 Å². The van der Waals surface area contributed by atoms with Gasteiger partial charge in [-0.25, -0.2) is 0 Å². The molecule has 0 aromatic heterocycles. The van der Waals surface area contributed by atoms with Gasteiger partial charge in [0.15, 0.2) is 0 Å². The number of likely N-dealkylation sites (tertiary alicyclic amines) is 1. The van der Waals surface area contributed by atoms with Gasteiger partial charge in [0.2, 0.25) is 0 Å². The third-order valence-electron chi connectivity index (χ3n) is 1.55. The van der Waals surface area contributed by atoms with Gasteiger partial charge in [0.25, 0.3) is 0 Å². The number of hydrogen-bond acceptors (Lipinski definition) is 2. The van der Waals surface area contributed by atoms with E-state index in [0.29, 0.717) is 5.92 Å². The first-order valence-corrected chi connectivity index (χ1v) is 3.13. The summed E-state index contributed by atoms with van der Waals surface area (Å²) in [5.41, 5.74) is 0. The molecular weight excluding hydrogens is 114 g/mol. The van der Waals surface area contributed by atoms with Crippen LogP contribution >= 0.6 is 0 Å².